The molecule has 0 aliphatic heterocycles. The number of nitrogens with two attached hydrogens (primary N) is 1. The molecule has 3 N–H and O–H groups in total. The molecular weight excluding hydrogens is 417 g/mol. The van der Waals surface area contributed by atoms with Crippen LogP contribution in [0.1, 0.15) is 11.1 Å². The van der Waals surface area contributed by atoms with Crippen molar-refractivity contribution in [3.63, 3.8) is 0 Å². The van der Waals surface area contributed by atoms with Crippen molar-refractivity contribution in [2.75, 3.05) is 0 Å². The van der Waals surface area contributed by atoms with E-state index in [1.807, 2.05) is 36.4 Å². The van der Waals surface area contributed by atoms with E-state index < -0.39 is 11.0 Å². The van der Waals surface area contributed by atoms with Gasteiger partial charge in [0.15, 0.2) is 5.03 Å². The number of halogens is 2. The standard InChI is InChI=1S/C18H15Cl2N7O2/c19-15-7-6-13(16(20)8-15)10-26-11-14(9-22-23-18(21)25-27(28)29)17(24-26)12-4-2-1-3-5-12/h1-9,11H,10H2,(H3,21,23,25)/b22-9-. The Hall–Kier alpha value is -3.43. The van der Waals surface area contributed by atoms with Crippen molar-refractivity contribution >= 4 is 35.4 Å². The molecule has 0 aliphatic rings. The van der Waals surface area contributed by atoms with E-state index in [2.05, 4.69) is 15.3 Å². The highest BCUT2D eigenvalue weighted by Crippen LogP contribution is 2.24. The quantitative estimate of drug-likeness (QED) is 0.268. The molecule has 3 rings (SSSR count). The first-order chi connectivity index (χ1) is 13.9. The lowest BCUT2D eigenvalue weighted by atomic mass is 10.1. The molecule has 9 nitrogen and oxygen atoms in total. The van der Waals surface area contributed by atoms with Crippen LogP contribution in [0.2, 0.25) is 10.0 Å². The lowest BCUT2D eigenvalue weighted by Gasteiger charge is -2.05. The molecule has 0 spiro atoms. The molecule has 0 amide bonds. The zero-order chi connectivity index (χ0) is 20.8. The maximum atomic E-state index is 10.4. The molecule has 11 heteroatoms. The highest BCUT2D eigenvalue weighted by molar-refractivity contribution is 6.35. The molecule has 29 heavy (non-hydrogen) atoms. The molecule has 0 radical (unpaired) electrons. The molecule has 0 saturated heterocycles. The van der Waals surface area contributed by atoms with Gasteiger partial charge in [-0.05, 0) is 17.7 Å². The third kappa shape index (κ3) is 5.53. The molecule has 0 atom stereocenters. The minimum Gasteiger partial charge on any atom is -0.364 e. The number of nitro groups is 1. The molecule has 1 heterocycles. The predicted molar refractivity (Wildman–Crippen MR) is 113 cm³/mol. The van der Waals surface area contributed by atoms with Crippen LogP contribution < -0.4 is 11.2 Å². The van der Waals surface area contributed by atoms with Crippen molar-refractivity contribution in [2.45, 2.75) is 6.54 Å². The number of nitrogens with zero attached hydrogens (tertiary/aromatic N) is 5. The van der Waals surface area contributed by atoms with E-state index >= 15 is 0 Å². The van der Waals surface area contributed by atoms with Gasteiger partial charge >= 0.3 is 0 Å². The van der Waals surface area contributed by atoms with Gasteiger partial charge in [-0.25, -0.2) is 10.1 Å². The van der Waals surface area contributed by atoms with Crippen molar-refractivity contribution in [2.24, 2.45) is 15.9 Å². The third-order valence-corrected chi connectivity index (χ3v) is 4.34. The Morgan fingerprint density at radius 2 is 2.03 bits per heavy atom. The summed E-state index contributed by atoms with van der Waals surface area (Å²) in [6.07, 6.45) is 3.19. The van der Waals surface area contributed by atoms with Gasteiger partial charge in [0.25, 0.3) is 5.96 Å². The smallest absolute Gasteiger partial charge is 0.275 e. The minimum atomic E-state index is -0.822. The van der Waals surface area contributed by atoms with Gasteiger partial charge in [-0.15, -0.1) is 5.10 Å². The molecular formula is C18H15Cl2N7O2. The molecule has 1 aromatic heterocycles. The van der Waals surface area contributed by atoms with Crippen LogP contribution in [0, 0.1) is 10.1 Å². The van der Waals surface area contributed by atoms with Crippen molar-refractivity contribution in [1.29, 1.82) is 0 Å². The second kappa shape index (κ2) is 9.18. The van der Waals surface area contributed by atoms with Gasteiger partial charge in [0.05, 0.1) is 12.8 Å². The summed E-state index contributed by atoms with van der Waals surface area (Å²) in [4.78, 5) is 10.4. The van der Waals surface area contributed by atoms with Crippen molar-refractivity contribution in [3.05, 3.63) is 86.0 Å². The normalized spacial score (nSPS) is 11.7. The van der Waals surface area contributed by atoms with Crippen molar-refractivity contribution in [1.82, 2.24) is 15.2 Å². The molecule has 0 aliphatic carbocycles. The second-order valence-electron chi connectivity index (χ2n) is 5.83. The summed E-state index contributed by atoms with van der Waals surface area (Å²) in [7, 11) is 0. The number of rotatable bonds is 6. The highest BCUT2D eigenvalue weighted by Gasteiger charge is 2.11. The number of benzene rings is 2. The first-order valence-electron chi connectivity index (χ1n) is 8.26. The zero-order valence-corrected chi connectivity index (χ0v) is 16.4. The Morgan fingerprint density at radius 3 is 2.72 bits per heavy atom. The molecule has 148 valence electrons. The fourth-order valence-corrected chi connectivity index (χ4v) is 2.99. The Morgan fingerprint density at radius 1 is 1.28 bits per heavy atom. The Kier molecular flexibility index (Phi) is 6.43. The third-order valence-electron chi connectivity index (χ3n) is 3.75. The first-order valence-corrected chi connectivity index (χ1v) is 9.02. The SMILES string of the molecule is N/C(=N\N=C/c1cn(Cc2ccc(Cl)cc2Cl)nc1-c1ccccc1)N[N+](=O)[O-]. The molecule has 0 saturated carbocycles. The van der Waals surface area contributed by atoms with Crippen LogP contribution in [-0.4, -0.2) is 27.0 Å². The number of nitrogens with one attached hydrogen (secondary N) is 1. The van der Waals surface area contributed by atoms with Crippen LogP contribution >= 0.6 is 23.2 Å². The van der Waals surface area contributed by atoms with E-state index in [-0.39, 0.29) is 0 Å². The summed E-state index contributed by atoms with van der Waals surface area (Å²) in [6, 6.07) is 14.8. The first kappa shape index (κ1) is 20.3. The lowest BCUT2D eigenvalue weighted by molar-refractivity contribution is -0.525. The summed E-state index contributed by atoms with van der Waals surface area (Å²) in [5, 5.41) is 22.6. The Labute approximate surface area is 175 Å². The van der Waals surface area contributed by atoms with Gasteiger partial charge < -0.3 is 5.73 Å². The summed E-state index contributed by atoms with van der Waals surface area (Å²) in [5.41, 5.74) is 10.1. The summed E-state index contributed by atoms with van der Waals surface area (Å²) in [5.74, 6) is -0.437. The van der Waals surface area contributed by atoms with E-state index in [4.69, 9.17) is 28.9 Å². The lowest BCUT2D eigenvalue weighted by Crippen LogP contribution is -2.35. The maximum Gasteiger partial charge on any atom is 0.275 e. The Bertz CT molecular complexity index is 1080. The van der Waals surface area contributed by atoms with E-state index in [1.165, 1.54) is 6.21 Å². The van der Waals surface area contributed by atoms with Crippen LogP contribution in [-0.2, 0) is 6.54 Å². The van der Waals surface area contributed by atoms with E-state index in [0.717, 1.165) is 11.1 Å². The monoisotopic (exact) mass is 431 g/mol. The molecule has 3 aromatic rings. The topological polar surface area (TPSA) is 124 Å². The zero-order valence-electron chi connectivity index (χ0n) is 14.9. The number of guanidine groups is 1. The van der Waals surface area contributed by atoms with Gasteiger partial charge in [-0.3, -0.25) is 4.68 Å². The van der Waals surface area contributed by atoms with Gasteiger partial charge in [-0.2, -0.15) is 10.2 Å². The number of hydrazine groups is 1. The fourth-order valence-electron chi connectivity index (χ4n) is 2.53. The predicted octanol–water partition coefficient (Wildman–Crippen LogP) is 3.34. The summed E-state index contributed by atoms with van der Waals surface area (Å²) >= 11 is 12.2. The molecule has 0 fully saturated rings. The van der Waals surface area contributed by atoms with E-state index in [0.29, 0.717) is 27.8 Å². The number of aromatic nitrogens is 2. The van der Waals surface area contributed by atoms with Crippen LogP contribution in [0.15, 0.2) is 64.9 Å². The van der Waals surface area contributed by atoms with Crippen LogP contribution in [0.3, 0.4) is 0 Å². The highest BCUT2D eigenvalue weighted by atomic mass is 35.5. The molecule has 0 unspecified atom stereocenters. The maximum absolute atomic E-state index is 10.4. The van der Waals surface area contributed by atoms with Crippen molar-refractivity contribution in [3.8, 4) is 11.3 Å². The average Bonchev–Trinajstić information content (AvgIpc) is 3.07. The van der Waals surface area contributed by atoms with Gasteiger partial charge in [0.1, 0.15) is 5.69 Å². The van der Waals surface area contributed by atoms with Gasteiger partial charge in [0.2, 0.25) is 0 Å². The average molecular weight is 432 g/mol. The van der Waals surface area contributed by atoms with E-state index in [1.54, 1.807) is 28.4 Å². The Balaban J connectivity index is 1.92. The second-order valence-corrected chi connectivity index (χ2v) is 6.67. The van der Waals surface area contributed by atoms with Crippen LogP contribution in [0.4, 0.5) is 0 Å². The number of hydrogen-bond donors (Lipinski definition) is 2. The van der Waals surface area contributed by atoms with Gasteiger partial charge in [0, 0.05) is 27.4 Å². The molecule has 2 aromatic carbocycles. The van der Waals surface area contributed by atoms with Crippen LogP contribution in [0.5, 0.6) is 0 Å². The number of hydrogen-bond acceptors (Lipinski definition) is 5. The van der Waals surface area contributed by atoms with Gasteiger partial charge in [-0.1, -0.05) is 65.0 Å². The van der Waals surface area contributed by atoms with Crippen LogP contribution in [0.25, 0.3) is 11.3 Å². The minimum absolute atomic E-state index is 0.415. The van der Waals surface area contributed by atoms with E-state index in [9.17, 15) is 10.1 Å². The summed E-state index contributed by atoms with van der Waals surface area (Å²) < 4.78 is 1.71. The fraction of sp³-hybridized carbons (Fsp3) is 0.0556. The largest absolute Gasteiger partial charge is 0.364 e. The molecule has 0 bridgehead atoms. The van der Waals surface area contributed by atoms with Crippen molar-refractivity contribution < 1.29 is 5.03 Å². The summed E-state index contributed by atoms with van der Waals surface area (Å²) in [6.45, 7) is 0.415.